The molecule has 4 heteroatoms. The molecule has 1 aliphatic rings. The Morgan fingerprint density at radius 1 is 1.06 bits per heavy atom. The number of hydrogen-bond acceptors (Lipinski definition) is 3. The maximum Gasteiger partial charge on any atom is 0.185 e. The lowest BCUT2D eigenvalue weighted by Crippen LogP contribution is -2.42. The molecular weight excluding hydrogens is 412 g/mol. The van der Waals surface area contributed by atoms with E-state index >= 15 is 0 Å². The summed E-state index contributed by atoms with van der Waals surface area (Å²) in [7, 11) is -1.88. The fourth-order valence-corrected chi connectivity index (χ4v) is 5.19. The average Bonchev–Trinajstić information content (AvgIpc) is 3.00. The summed E-state index contributed by atoms with van der Waals surface area (Å²) >= 11 is 0. The van der Waals surface area contributed by atoms with Crippen molar-refractivity contribution in [2.45, 2.75) is 78.1 Å². The third kappa shape index (κ3) is 8.76. The number of carbonyl (C=O) groups excluding carboxylic acids is 1. The van der Waals surface area contributed by atoms with E-state index < -0.39 is 13.9 Å². The Morgan fingerprint density at radius 2 is 1.78 bits per heavy atom. The van der Waals surface area contributed by atoms with Crippen molar-refractivity contribution in [2.75, 3.05) is 6.61 Å². The molecule has 1 atom stereocenters. The van der Waals surface area contributed by atoms with Gasteiger partial charge in [0.15, 0.2) is 14.1 Å². The minimum absolute atomic E-state index is 0.0668. The van der Waals surface area contributed by atoms with E-state index in [0.717, 1.165) is 43.4 Å². The van der Waals surface area contributed by atoms with Crippen LogP contribution in [-0.4, -0.2) is 26.3 Å². The van der Waals surface area contributed by atoms with Gasteiger partial charge >= 0.3 is 0 Å². The maximum atomic E-state index is 12.8. The third-order valence-corrected chi connectivity index (χ3v) is 6.27. The average molecular weight is 453 g/mol. The molecule has 0 aliphatic heterocycles. The minimum Gasteiger partial charge on any atom is -0.494 e. The van der Waals surface area contributed by atoms with Gasteiger partial charge < -0.3 is 9.16 Å². The molecule has 0 spiro atoms. The van der Waals surface area contributed by atoms with Crippen molar-refractivity contribution in [3.8, 4) is 5.75 Å². The number of para-hydroxylation sites is 1. The van der Waals surface area contributed by atoms with Crippen LogP contribution in [0.25, 0.3) is 0 Å². The number of hydrogen-bond donors (Lipinski definition) is 0. The van der Waals surface area contributed by atoms with Gasteiger partial charge in [-0.3, -0.25) is 4.79 Å². The van der Waals surface area contributed by atoms with Gasteiger partial charge in [-0.2, -0.15) is 0 Å². The Morgan fingerprint density at radius 3 is 2.44 bits per heavy atom. The molecule has 0 amide bonds. The summed E-state index contributed by atoms with van der Waals surface area (Å²) in [6.07, 6.45) is 14.7. The lowest BCUT2D eigenvalue weighted by atomic mass is 9.90. The van der Waals surface area contributed by atoms with Gasteiger partial charge in [-0.25, -0.2) is 0 Å². The monoisotopic (exact) mass is 452 g/mol. The molecular formula is C28H40O3Si. The van der Waals surface area contributed by atoms with Gasteiger partial charge in [0, 0.05) is 5.57 Å². The normalized spacial score (nSPS) is 20.1. The minimum atomic E-state index is -1.88. The van der Waals surface area contributed by atoms with E-state index in [4.69, 9.17) is 9.16 Å². The fourth-order valence-electron chi connectivity index (χ4n) is 3.82. The maximum absolute atomic E-state index is 12.8. The van der Waals surface area contributed by atoms with Gasteiger partial charge in [0.05, 0.1) is 6.61 Å². The molecule has 1 aromatic rings. The van der Waals surface area contributed by atoms with E-state index in [1.807, 2.05) is 42.5 Å². The van der Waals surface area contributed by atoms with E-state index in [1.54, 1.807) is 6.08 Å². The van der Waals surface area contributed by atoms with Crippen LogP contribution in [0.2, 0.25) is 19.6 Å². The number of ether oxygens (including phenoxy) is 1. The predicted molar refractivity (Wildman–Crippen MR) is 138 cm³/mol. The lowest BCUT2D eigenvalue weighted by Gasteiger charge is -2.36. The zero-order chi connectivity index (χ0) is 23.6. The van der Waals surface area contributed by atoms with Crippen molar-refractivity contribution < 1.29 is 14.0 Å². The molecule has 0 saturated heterocycles. The summed E-state index contributed by atoms with van der Waals surface area (Å²) in [4.78, 5) is 12.8. The first-order valence-electron chi connectivity index (χ1n) is 11.7. The molecule has 0 heterocycles. The Kier molecular flexibility index (Phi) is 9.92. The Hall–Kier alpha value is -2.17. The summed E-state index contributed by atoms with van der Waals surface area (Å²) in [6, 6.07) is 9.89. The van der Waals surface area contributed by atoms with Crippen molar-refractivity contribution >= 4 is 14.1 Å². The number of rotatable bonds is 12. The van der Waals surface area contributed by atoms with Gasteiger partial charge in [-0.1, -0.05) is 47.6 Å². The van der Waals surface area contributed by atoms with Crippen molar-refractivity contribution in [1.82, 2.24) is 0 Å². The Bertz CT molecular complexity index is 868. The van der Waals surface area contributed by atoms with Crippen LogP contribution >= 0.6 is 0 Å². The van der Waals surface area contributed by atoms with Gasteiger partial charge in [0.2, 0.25) is 0 Å². The highest BCUT2D eigenvalue weighted by molar-refractivity contribution is 6.70. The molecule has 1 aromatic carbocycles. The molecule has 174 valence electrons. The summed E-state index contributed by atoms with van der Waals surface area (Å²) in [5.74, 6) is 0.961. The second-order valence-corrected chi connectivity index (χ2v) is 14.3. The van der Waals surface area contributed by atoms with Gasteiger partial charge in [-0.05, 0) is 96.8 Å². The molecule has 1 aliphatic carbocycles. The number of allylic oxidation sites excluding steroid dienone is 6. The van der Waals surface area contributed by atoms with Crippen LogP contribution in [-0.2, 0) is 9.22 Å². The zero-order valence-corrected chi connectivity index (χ0v) is 21.7. The molecule has 2 rings (SSSR count). The number of ketones is 1. The Labute approximate surface area is 196 Å². The topological polar surface area (TPSA) is 35.5 Å². The summed E-state index contributed by atoms with van der Waals surface area (Å²) in [5.41, 5.74) is 2.76. The summed E-state index contributed by atoms with van der Waals surface area (Å²) in [5, 5.41) is 0. The molecule has 0 bridgehead atoms. The van der Waals surface area contributed by atoms with Gasteiger partial charge in [0.1, 0.15) is 11.4 Å². The van der Waals surface area contributed by atoms with Crippen LogP contribution in [0.4, 0.5) is 0 Å². The largest absolute Gasteiger partial charge is 0.494 e. The SMILES string of the molecule is CC(C)=CCCC(C)=CC=C1C(=O)C=CC1(CCCCOc1ccccc1)O[Si](C)(C)C. The van der Waals surface area contributed by atoms with Crippen LogP contribution in [0.15, 0.2) is 77.4 Å². The molecule has 3 nitrogen and oxygen atoms in total. The molecule has 0 saturated carbocycles. The zero-order valence-electron chi connectivity index (χ0n) is 20.7. The summed E-state index contributed by atoms with van der Waals surface area (Å²) < 4.78 is 12.5. The van der Waals surface area contributed by atoms with Crippen LogP contribution in [0.3, 0.4) is 0 Å². The number of benzene rings is 1. The first kappa shape index (κ1) is 26.1. The van der Waals surface area contributed by atoms with Crippen LogP contribution in [0.1, 0.15) is 52.9 Å². The third-order valence-electron chi connectivity index (χ3n) is 5.29. The highest BCUT2D eigenvalue weighted by atomic mass is 28.4. The standard InChI is InChI=1S/C28H40O3Si/c1-23(2)13-12-14-24(3)17-18-26-27(29)19-21-28(26,31-32(4,5)6)20-10-11-22-30-25-15-8-7-9-16-25/h7-9,13,15-19,21H,10-12,14,20,22H2,1-6H3. The van der Waals surface area contributed by atoms with Crippen molar-refractivity contribution in [3.05, 3.63) is 77.4 Å². The van der Waals surface area contributed by atoms with E-state index in [2.05, 4.69) is 52.6 Å². The highest BCUT2D eigenvalue weighted by Crippen LogP contribution is 2.38. The van der Waals surface area contributed by atoms with E-state index in [-0.39, 0.29) is 5.78 Å². The smallest absolute Gasteiger partial charge is 0.185 e. The molecule has 32 heavy (non-hydrogen) atoms. The van der Waals surface area contributed by atoms with Gasteiger partial charge in [-0.15, -0.1) is 0 Å². The van der Waals surface area contributed by atoms with Crippen LogP contribution < -0.4 is 4.74 Å². The number of carbonyl (C=O) groups is 1. The van der Waals surface area contributed by atoms with E-state index in [1.165, 1.54) is 11.1 Å². The van der Waals surface area contributed by atoms with E-state index in [0.29, 0.717) is 6.61 Å². The molecule has 0 aromatic heterocycles. The Balaban J connectivity index is 2.08. The first-order valence-corrected chi connectivity index (χ1v) is 15.1. The summed E-state index contributed by atoms with van der Waals surface area (Å²) in [6.45, 7) is 13.6. The molecule has 1 unspecified atom stereocenters. The van der Waals surface area contributed by atoms with Crippen molar-refractivity contribution in [2.24, 2.45) is 0 Å². The van der Waals surface area contributed by atoms with Gasteiger partial charge in [0.25, 0.3) is 0 Å². The highest BCUT2D eigenvalue weighted by Gasteiger charge is 2.42. The molecule has 0 radical (unpaired) electrons. The predicted octanol–water partition coefficient (Wildman–Crippen LogP) is 7.58. The number of unbranched alkanes of at least 4 members (excludes halogenated alkanes) is 1. The quantitative estimate of drug-likeness (QED) is 0.142. The second-order valence-electron chi connectivity index (χ2n) is 9.83. The fraction of sp³-hybridized carbons (Fsp3) is 0.464. The van der Waals surface area contributed by atoms with Crippen LogP contribution in [0, 0.1) is 0 Å². The van der Waals surface area contributed by atoms with E-state index in [9.17, 15) is 4.79 Å². The molecule has 0 fully saturated rings. The van der Waals surface area contributed by atoms with Crippen molar-refractivity contribution in [1.29, 1.82) is 0 Å². The van der Waals surface area contributed by atoms with Crippen molar-refractivity contribution in [3.63, 3.8) is 0 Å². The first-order chi connectivity index (χ1) is 15.1. The lowest BCUT2D eigenvalue weighted by molar-refractivity contribution is -0.111. The molecule has 0 N–H and O–H groups in total. The second kappa shape index (κ2) is 12.2. The van der Waals surface area contributed by atoms with Crippen LogP contribution in [0.5, 0.6) is 5.75 Å².